The molecule has 1 rings (SSSR count). The fraction of sp³-hybridized carbons (Fsp3) is 0.647. The van der Waals surface area contributed by atoms with Gasteiger partial charge in [0.25, 0.3) is 0 Å². The summed E-state index contributed by atoms with van der Waals surface area (Å²) in [4.78, 5) is 0. The van der Waals surface area contributed by atoms with E-state index < -0.39 is 7.82 Å². The van der Waals surface area contributed by atoms with Crippen LogP contribution in [0.1, 0.15) is 57.9 Å². The van der Waals surface area contributed by atoms with Gasteiger partial charge in [0, 0.05) is 5.92 Å². The van der Waals surface area contributed by atoms with E-state index in [4.69, 9.17) is 13.6 Å². The molecule has 0 aliphatic carbocycles. The smallest absolute Gasteiger partial charge is 0.287 e. The average molecular weight is 328 g/mol. The monoisotopic (exact) mass is 328 g/mol. The van der Waals surface area contributed by atoms with Crippen molar-refractivity contribution < 1.29 is 18.1 Å². The standard InChI is InChI=1S/C17H29O4P/c1-4-6-13-19-22(18,20-14-7-5-2)21-15-16(3)17-11-9-8-10-12-17/h8-12,16H,4-7,13-15H2,1-3H3. The quantitative estimate of drug-likeness (QED) is 0.373. The largest absolute Gasteiger partial charge is 0.474 e. The predicted octanol–water partition coefficient (Wildman–Crippen LogP) is 5.55. The highest BCUT2D eigenvalue weighted by Crippen LogP contribution is 2.50. The Hall–Kier alpha value is -0.670. The average Bonchev–Trinajstić information content (AvgIpc) is 2.54. The molecule has 126 valence electrons. The first kappa shape index (κ1) is 19.4. The van der Waals surface area contributed by atoms with Crippen LogP contribution in [0.2, 0.25) is 0 Å². The Kier molecular flexibility index (Phi) is 9.65. The van der Waals surface area contributed by atoms with E-state index in [1.807, 2.05) is 37.3 Å². The minimum absolute atomic E-state index is 0.138. The van der Waals surface area contributed by atoms with Crippen LogP contribution in [0.3, 0.4) is 0 Å². The molecular weight excluding hydrogens is 299 g/mol. The summed E-state index contributed by atoms with van der Waals surface area (Å²) in [6.07, 6.45) is 3.65. The van der Waals surface area contributed by atoms with E-state index in [0.29, 0.717) is 19.8 Å². The van der Waals surface area contributed by atoms with Crippen LogP contribution in [-0.2, 0) is 18.1 Å². The first-order valence-electron chi connectivity index (χ1n) is 8.20. The predicted molar refractivity (Wildman–Crippen MR) is 90.1 cm³/mol. The molecule has 22 heavy (non-hydrogen) atoms. The second-order valence-corrected chi connectivity index (χ2v) is 7.10. The molecule has 0 aromatic heterocycles. The van der Waals surface area contributed by atoms with Crippen molar-refractivity contribution in [1.29, 1.82) is 0 Å². The molecule has 0 N–H and O–H groups in total. The Labute approximate surface area is 134 Å². The lowest BCUT2D eigenvalue weighted by Crippen LogP contribution is -2.08. The summed E-state index contributed by atoms with van der Waals surface area (Å²) in [5, 5.41) is 0. The molecule has 1 unspecified atom stereocenters. The van der Waals surface area contributed by atoms with Gasteiger partial charge in [-0.3, -0.25) is 13.6 Å². The molecule has 0 amide bonds. The molecule has 0 fully saturated rings. The maximum atomic E-state index is 12.6. The highest BCUT2D eigenvalue weighted by molar-refractivity contribution is 7.48. The van der Waals surface area contributed by atoms with E-state index in [-0.39, 0.29) is 5.92 Å². The van der Waals surface area contributed by atoms with Crippen LogP contribution in [-0.4, -0.2) is 19.8 Å². The Morgan fingerprint density at radius 3 is 2.00 bits per heavy atom. The van der Waals surface area contributed by atoms with Crippen LogP contribution < -0.4 is 0 Å². The summed E-state index contributed by atoms with van der Waals surface area (Å²) in [5.74, 6) is 0.138. The summed E-state index contributed by atoms with van der Waals surface area (Å²) in [7, 11) is -3.45. The van der Waals surface area contributed by atoms with Gasteiger partial charge in [-0.15, -0.1) is 0 Å². The summed E-state index contributed by atoms with van der Waals surface area (Å²) in [6.45, 7) is 7.28. The Morgan fingerprint density at radius 1 is 0.955 bits per heavy atom. The summed E-state index contributed by atoms with van der Waals surface area (Å²) >= 11 is 0. The molecule has 5 heteroatoms. The lowest BCUT2D eigenvalue weighted by molar-refractivity contribution is 0.107. The van der Waals surface area contributed by atoms with Crippen molar-refractivity contribution in [2.45, 2.75) is 52.4 Å². The zero-order valence-corrected chi connectivity index (χ0v) is 14.9. The summed E-state index contributed by atoms with van der Waals surface area (Å²) in [6, 6.07) is 10.0. The Balaban J connectivity index is 2.53. The van der Waals surface area contributed by atoms with E-state index in [0.717, 1.165) is 31.2 Å². The number of rotatable bonds is 12. The second-order valence-electron chi connectivity index (χ2n) is 5.43. The molecule has 1 aromatic carbocycles. The van der Waals surface area contributed by atoms with Crippen molar-refractivity contribution in [3.63, 3.8) is 0 Å². The molecule has 0 radical (unpaired) electrons. The van der Waals surface area contributed by atoms with Crippen LogP contribution in [0.4, 0.5) is 0 Å². The highest BCUT2D eigenvalue weighted by Gasteiger charge is 2.27. The third-order valence-electron chi connectivity index (χ3n) is 3.35. The van der Waals surface area contributed by atoms with Gasteiger partial charge in [0.05, 0.1) is 19.8 Å². The van der Waals surface area contributed by atoms with Gasteiger partial charge < -0.3 is 0 Å². The van der Waals surface area contributed by atoms with Gasteiger partial charge in [-0.2, -0.15) is 0 Å². The van der Waals surface area contributed by atoms with Gasteiger partial charge in [-0.25, -0.2) is 4.57 Å². The van der Waals surface area contributed by atoms with Crippen LogP contribution in [0.15, 0.2) is 30.3 Å². The molecule has 0 aliphatic heterocycles. The van der Waals surface area contributed by atoms with E-state index in [2.05, 4.69) is 13.8 Å². The third-order valence-corrected chi connectivity index (χ3v) is 4.81. The first-order valence-corrected chi connectivity index (χ1v) is 9.66. The summed E-state index contributed by atoms with van der Waals surface area (Å²) in [5.41, 5.74) is 1.15. The lowest BCUT2D eigenvalue weighted by atomic mass is 10.0. The van der Waals surface area contributed by atoms with Crippen LogP contribution in [0.25, 0.3) is 0 Å². The minimum Gasteiger partial charge on any atom is -0.287 e. The zero-order valence-electron chi connectivity index (χ0n) is 14.0. The number of phosphoric ester groups is 1. The number of phosphoric acid groups is 1. The summed E-state index contributed by atoms with van der Waals surface area (Å²) < 4.78 is 29.0. The van der Waals surface area contributed by atoms with Crippen molar-refractivity contribution in [3.8, 4) is 0 Å². The molecule has 0 saturated heterocycles. The molecule has 0 spiro atoms. The van der Waals surface area contributed by atoms with Gasteiger partial charge in [0.15, 0.2) is 0 Å². The van der Waals surface area contributed by atoms with Crippen molar-refractivity contribution >= 4 is 7.82 Å². The molecule has 0 saturated carbocycles. The van der Waals surface area contributed by atoms with Crippen molar-refractivity contribution in [2.24, 2.45) is 0 Å². The van der Waals surface area contributed by atoms with Gasteiger partial charge in [0.2, 0.25) is 0 Å². The number of unbranched alkanes of at least 4 members (excludes halogenated alkanes) is 2. The molecule has 1 atom stereocenters. The SMILES string of the molecule is CCCCOP(=O)(OCCCC)OCC(C)c1ccccc1. The normalized spacial score (nSPS) is 13.2. The van der Waals surface area contributed by atoms with Gasteiger partial charge in [-0.05, 0) is 18.4 Å². The number of hydrogen-bond donors (Lipinski definition) is 0. The van der Waals surface area contributed by atoms with Crippen LogP contribution >= 0.6 is 7.82 Å². The fourth-order valence-electron chi connectivity index (χ4n) is 1.83. The van der Waals surface area contributed by atoms with Crippen LogP contribution in [0.5, 0.6) is 0 Å². The fourth-order valence-corrected chi connectivity index (χ4v) is 3.17. The lowest BCUT2D eigenvalue weighted by Gasteiger charge is -2.20. The van der Waals surface area contributed by atoms with Gasteiger partial charge in [-0.1, -0.05) is 63.9 Å². The van der Waals surface area contributed by atoms with Crippen molar-refractivity contribution in [3.05, 3.63) is 35.9 Å². The van der Waals surface area contributed by atoms with Crippen LogP contribution in [0, 0.1) is 0 Å². The van der Waals surface area contributed by atoms with Gasteiger partial charge in [0.1, 0.15) is 0 Å². The highest BCUT2D eigenvalue weighted by atomic mass is 31.2. The maximum Gasteiger partial charge on any atom is 0.474 e. The Bertz CT molecular complexity index is 422. The number of benzene rings is 1. The molecule has 0 bridgehead atoms. The van der Waals surface area contributed by atoms with Gasteiger partial charge >= 0.3 is 7.82 Å². The maximum absolute atomic E-state index is 12.6. The molecule has 0 heterocycles. The van der Waals surface area contributed by atoms with Crippen molar-refractivity contribution in [2.75, 3.05) is 19.8 Å². The minimum atomic E-state index is -3.45. The molecule has 0 aliphatic rings. The van der Waals surface area contributed by atoms with E-state index in [9.17, 15) is 4.57 Å². The Morgan fingerprint density at radius 2 is 1.50 bits per heavy atom. The molecular formula is C17H29O4P. The zero-order chi connectivity index (χ0) is 16.3. The second kappa shape index (κ2) is 11.0. The van der Waals surface area contributed by atoms with E-state index >= 15 is 0 Å². The number of hydrogen-bond acceptors (Lipinski definition) is 4. The van der Waals surface area contributed by atoms with E-state index in [1.165, 1.54) is 0 Å². The molecule has 4 nitrogen and oxygen atoms in total. The molecule has 1 aromatic rings. The van der Waals surface area contributed by atoms with Crippen molar-refractivity contribution in [1.82, 2.24) is 0 Å². The third kappa shape index (κ3) is 7.55. The topological polar surface area (TPSA) is 44.8 Å². The van der Waals surface area contributed by atoms with E-state index in [1.54, 1.807) is 0 Å². The first-order chi connectivity index (χ1) is 10.6.